The van der Waals surface area contributed by atoms with Gasteiger partial charge in [-0.2, -0.15) is 0 Å². The molecule has 0 amide bonds. The van der Waals surface area contributed by atoms with E-state index in [2.05, 4.69) is 13.2 Å². The summed E-state index contributed by atoms with van der Waals surface area (Å²) >= 11 is 0. The molecule has 0 unspecified atom stereocenters. The summed E-state index contributed by atoms with van der Waals surface area (Å²) in [6.45, 7) is 10.0. The maximum Gasteiger partial charge on any atom is 2.00 e. The van der Waals surface area contributed by atoms with E-state index in [1.54, 1.807) is 0 Å². The Kier molecular flexibility index (Phi) is 21.7. The smallest absolute Gasteiger partial charge is 0.545 e. The molecule has 0 aromatic carbocycles. The third-order valence-corrected chi connectivity index (χ3v) is 0.697. The summed E-state index contributed by atoms with van der Waals surface area (Å²) in [7, 11) is 0. The Morgan fingerprint density at radius 3 is 0.941 bits per heavy atom. The van der Waals surface area contributed by atoms with Crippen LogP contribution in [0, 0.1) is 0 Å². The fourth-order valence-corrected chi connectivity index (χ4v) is 0. The van der Waals surface area contributed by atoms with Crippen LogP contribution >= 0.6 is 0 Å². The van der Waals surface area contributed by atoms with E-state index >= 15 is 0 Å². The standard InChI is InChI=1S/2C4H6O2.C2H4O2.Pb/c2*1-3(2)4(5)6;1-2(3)4;/h2*1H2,2H3,(H,5,6);1H3,(H,3,4);/q;;;+2/p-2. The van der Waals surface area contributed by atoms with Crippen LogP contribution in [-0.4, -0.2) is 50.3 Å². The number of carboxylic acids is 3. The second-order valence-electron chi connectivity index (χ2n) is 2.65. The number of carbonyl (C=O) groups excluding carboxylic acids is 2. The number of aliphatic carboxylic acids is 3. The van der Waals surface area contributed by atoms with E-state index in [9.17, 15) is 19.8 Å². The first-order valence-corrected chi connectivity index (χ1v) is 3.95. The Balaban J connectivity index is -0.0000000741. The Morgan fingerprint density at radius 2 is 0.941 bits per heavy atom. The summed E-state index contributed by atoms with van der Waals surface area (Å²) in [5.74, 6) is -3.20. The molecule has 0 saturated carbocycles. The van der Waals surface area contributed by atoms with Gasteiger partial charge in [0.1, 0.15) is 0 Å². The Morgan fingerprint density at radius 1 is 0.882 bits per heavy atom. The first-order chi connectivity index (χ1) is 7.02. The summed E-state index contributed by atoms with van der Waals surface area (Å²) in [5, 5.41) is 26.4. The van der Waals surface area contributed by atoms with Crippen LogP contribution in [0.5, 0.6) is 0 Å². The predicted molar refractivity (Wildman–Crippen MR) is 58.7 cm³/mol. The van der Waals surface area contributed by atoms with E-state index in [4.69, 9.17) is 9.90 Å². The first kappa shape index (κ1) is 24.9. The molecule has 0 aliphatic carbocycles. The van der Waals surface area contributed by atoms with E-state index in [0.717, 1.165) is 6.92 Å². The van der Waals surface area contributed by atoms with Gasteiger partial charge < -0.3 is 24.9 Å². The molecule has 1 N–H and O–H groups in total. The molecule has 2 radical (unpaired) electrons. The maximum absolute atomic E-state index is 9.49. The molecule has 94 valence electrons. The SMILES string of the molecule is C=C(C)C(=O)[O-].C=C(C)C(=O)[O-].CC(=O)O.[Pb+2]. The van der Waals surface area contributed by atoms with Crippen molar-refractivity contribution in [2.45, 2.75) is 20.8 Å². The molecule has 0 bridgehead atoms. The first-order valence-electron chi connectivity index (χ1n) is 3.95. The van der Waals surface area contributed by atoms with Crippen LogP contribution in [-0.2, 0) is 14.4 Å². The zero-order chi connectivity index (χ0) is 13.9. The quantitative estimate of drug-likeness (QED) is 0.408. The topological polar surface area (TPSA) is 118 Å². The molecule has 0 aliphatic heterocycles. The van der Waals surface area contributed by atoms with Crippen LogP contribution in [0.3, 0.4) is 0 Å². The molecule has 6 nitrogen and oxygen atoms in total. The number of hydrogen-bond donors (Lipinski definition) is 1. The third-order valence-electron chi connectivity index (χ3n) is 0.697. The van der Waals surface area contributed by atoms with Crippen LogP contribution in [0.2, 0.25) is 0 Å². The fourth-order valence-electron chi connectivity index (χ4n) is 0. The molecule has 0 aliphatic rings. The van der Waals surface area contributed by atoms with E-state index in [0.29, 0.717) is 0 Å². The normalized spacial score (nSPS) is 6.76. The molecule has 0 aromatic heterocycles. The minimum absolute atomic E-state index is 0. The van der Waals surface area contributed by atoms with Crippen LogP contribution < -0.4 is 10.2 Å². The van der Waals surface area contributed by atoms with Gasteiger partial charge >= 0.3 is 27.3 Å². The Bertz CT molecular complexity index is 243. The van der Waals surface area contributed by atoms with Gasteiger partial charge in [0.05, 0.1) is 11.9 Å². The molecule has 7 heteroatoms. The van der Waals surface area contributed by atoms with Crippen molar-refractivity contribution in [3.05, 3.63) is 24.3 Å². The molecule has 0 spiro atoms. The third kappa shape index (κ3) is 52.4. The van der Waals surface area contributed by atoms with Crippen molar-refractivity contribution < 1.29 is 29.7 Å². The fraction of sp³-hybridized carbons (Fsp3) is 0.300. The minimum Gasteiger partial charge on any atom is -0.545 e. The zero-order valence-corrected chi connectivity index (χ0v) is 13.8. The molecule has 0 fully saturated rings. The van der Waals surface area contributed by atoms with Gasteiger partial charge in [0.25, 0.3) is 5.97 Å². The van der Waals surface area contributed by atoms with Crippen molar-refractivity contribution in [2.75, 3.05) is 0 Å². The van der Waals surface area contributed by atoms with Crippen molar-refractivity contribution in [3.63, 3.8) is 0 Å². The summed E-state index contributed by atoms with van der Waals surface area (Å²) in [4.78, 5) is 28.0. The van der Waals surface area contributed by atoms with Gasteiger partial charge in [0.2, 0.25) is 0 Å². The van der Waals surface area contributed by atoms with Crippen LogP contribution in [0.25, 0.3) is 0 Å². The maximum atomic E-state index is 9.49. The summed E-state index contributed by atoms with van der Waals surface area (Å²) in [6, 6.07) is 0. The average Bonchev–Trinajstić information content (AvgIpc) is 2.03. The largest absolute Gasteiger partial charge is 2.00 e. The monoisotopic (exact) mass is 438 g/mol. The van der Waals surface area contributed by atoms with Crippen molar-refractivity contribution in [1.29, 1.82) is 0 Å². The van der Waals surface area contributed by atoms with Gasteiger partial charge in [0, 0.05) is 6.92 Å². The molecule has 0 heterocycles. The predicted octanol–water partition coefficient (Wildman–Crippen LogP) is -1.67. The van der Waals surface area contributed by atoms with E-state index in [-0.39, 0.29) is 38.4 Å². The second-order valence-corrected chi connectivity index (χ2v) is 2.65. The molecular weight excluding hydrogens is 423 g/mol. The molecule has 17 heavy (non-hydrogen) atoms. The summed E-state index contributed by atoms with van der Waals surface area (Å²) in [6.07, 6.45) is 0. The summed E-state index contributed by atoms with van der Waals surface area (Å²) < 4.78 is 0. The Labute approximate surface area is 120 Å². The van der Waals surface area contributed by atoms with Gasteiger partial charge in [-0.25, -0.2) is 0 Å². The van der Waals surface area contributed by atoms with Crippen molar-refractivity contribution in [1.82, 2.24) is 0 Å². The van der Waals surface area contributed by atoms with Gasteiger partial charge in [-0.3, -0.25) is 4.79 Å². The molecule has 0 saturated heterocycles. The van der Waals surface area contributed by atoms with Gasteiger partial charge in [0.15, 0.2) is 0 Å². The number of carbonyl (C=O) groups is 3. The zero-order valence-electron chi connectivity index (χ0n) is 9.90. The van der Waals surface area contributed by atoms with Crippen LogP contribution in [0.1, 0.15) is 20.8 Å². The van der Waals surface area contributed by atoms with E-state index in [1.807, 2.05) is 0 Å². The van der Waals surface area contributed by atoms with Crippen molar-refractivity contribution in [2.24, 2.45) is 0 Å². The number of carboxylic acid groups (broad SMARTS) is 3. The average molecular weight is 437 g/mol. The molecule has 0 atom stereocenters. The second kappa shape index (κ2) is 14.8. The van der Waals surface area contributed by atoms with Gasteiger partial charge in [-0.1, -0.05) is 13.2 Å². The van der Waals surface area contributed by atoms with Crippen LogP contribution in [0.4, 0.5) is 0 Å². The molecular formula is C10H14O6Pb. The Hall–Kier alpha value is -1.19. The summed E-state index contributed by atoms with van der Waals surface area (Å²) in [5.41, 5.74) is 0.130. The van der Waals surface area contributed by atoms with E-state index in [1.165, 1.54) is 13.8 Å². The number of hydrogen-bond acceptors (Lipinski definition) is 5. The van der Waals surface area contributed by atoms with Crippen molar-refractivity contribution >= 4 is 45.2 Å². The van der Waals surface area contributed by atoms with Gasteiger partial charge in [-0.05, 0) is 25.0 Å². The van der Waals surface area contributed by atoms with Gasteiger partial charge in [-0.15, -0.1) is 0 Å². The van der Waals surface area contributed by atoms with Crippen LogP contribution in [0.15, 0.2) is 24.3 Å². The molecule has 0 aromatic rings. The van der Waals surface area contributed by atoms with E-state index < -0.39 is 17.9 Å². The minimum atomic E-state index is -1.19. The number of rotatable bonds is 2. The van der Waals surface area contributed by atoms with Crippen molar-refractivity contribution in [3.8, 4) is 0 Å². The molecule has 0 rings (SSSR count).